The molecule has 4 heterocycles. The topological polar surface area (TPSA) is 31.8 Å². The Morgan fingerprint density at radius 1 is 0.460 bits per heavy atom. The Balaban J connectivity index is 0.00000773. The Morgan fingerprint density at radius 2 is 1.06 bits per heavy atom. The minimum absolute atomic E-state index is 0. The molecule has 87 heavy (non-hydrogen) atoms. The fraction of sp³-hybridized carbons (Fsp3) is 0.175. The van der Waals surface area contributed by atoms with Crippen molar-refractivity contribution in [3.05, 3.63) is 271 Å². The van der Waals surface area contributed by atoms with E-state index in [1.54, 1.807) is 0 Å². The van der Waals surface area contributed by atoms with Gasteiger partial charge in [-0.3, -0.25) is 0 Å². The smallest absolute Gasteiger partial charge is 0.135 e. The van der Waals surface area contributed by atoms with Crippen LogP contribution in [0.1, 0.15) is 97.0 Å². The van der Waals surface area contributed by atoms with Crippen LogP contribution in [0.4, 0.5) is 39.9 Å². The van der Waals surface area contributed by atoms with E-state index in [0.717, 1.165) is 56.4 Å². The Morgan fingerprint density at radius 3 is 1.72 bits per heavy atom. The van der Waals surface area contributed by atoms with Crippen LogP contribution in [0.25, 0.3) is 44.5 Å². The number of nitrogens with zero attached hydrogens (tertiary/aromatic N) is 4. The minimum atomic E-state index is -3.03. The second kappa shape index (κ2) is 21.7. The summed E-state index contributed by atoms with van der Waals surface area (Å²) in [5.74, 6) is 1.80. The Labute approximate surface area is 537 Å². The molecule has 3 aliphatic heterocycles. The molecule has 0 bridgehead atoms. The van der Waals surface area contributed by atoms with Crippen LogP contribution >= 0.6 is 0 Å². The Bertz CT molecular complexity index is 4710. The molecule has 0 atom stereocenters. The summed E-state index contributed by atoms with van der Waals surface area (Å²) in [5, 5.41) is 5.24. The Kier molecular flexibility index (Phi) is 12.9. The third kappa shape index (κ3) is 9.96. The molecule has 0 radical (unpaired) electrons. The van der Waals surface area contributed by atoms with Crippen molar-refractivity contribution in [2.75, 3.05) is 14.7 Å². The van der Waals surface area contributed by atoms with Crippen LogP contribution in [-0.2, 0) is 37.3 Å². The molecule has 0 N–H and O–H groups in total. The quantitative estimate of drug-likeness (QED) is 0.112. The first-order chi connectivity index (χ1) is 43.4. The van der Waals surface area contributed by atoms with Crippen molar-refractivity contribution in [3.63, 3.8) is 0 Å². The molecule has 0 saturated carbocycles. The van der Waals surface area contributed by atoms with Gasteiger partial charge in [0.15, 0.2) is 0 Å². The molecule has 0 unspecified atom stereocenters. The fourth-order valence-electron chi connectivity index (χ4n) is 13.0. The predicted molar refractivity (Wildman–Crippen MR) is 363 cm³/mol. The number of para-hydroxylation sites is 4. The van der Waals surface area contributed by atoms with E-state index in [9.17, 15) is 2.74 Å². The maximum atomic E-state index is 9.42. The van der Waals surface area contributed by atoms with E-state index in [4.69, 9.17) is 13.8 Å². The van der Waals surface area contributed by atoms with Crippen molar-refractivity contribution in [3.8, 4) is 56.0 Å². The number of benzene rings is 10. The molecule has 0 amide bonds. The standard InChI is InChI=1S/C80H71N4OSi.Pt/c1-52-31-38-66-67-39-32-53(2)44-75(67)86(74(66)43-52)72-30-18-17-29-70(72)84(76-48-59(41-42-81-76)79(6,7)8)71-50-63(37-40-73(71)86)85-62-24-19-23-61(49-62)82-51-83(69-28-16-15-27-68(69)82)77-64(55-21-13-12-14-22-55)25-20-26-65(77)57-45-56(46-60(47-57)80(9,10)11)54-33-35-58(36-34-54)78(3,4)5;/h12-48,51H,1-11H3;/q-3;/i12D,13D,14D,21D,22D;. The molecule has 14 rings (SSSR count). The van der Waals surface area contributed by atoms with Gasteiger partial charge in [0.2, 0.25) is 0 Å². The maximum Gasteiger partial charge on any atom is 0.135 e. The van der Waals surface area contributed by atoms with E-state index in [-0.39, 0.29) is 55.0 Å². The second-order valence-electron chi connectivity index (χ2n) is 26.4. The zero-order valence-electron chi connectivity index (χ0n) is 56.1. The molecular formula is C80H71N4OPtSi-3. The summed E-state index contributed by atoms with van der Waals surface area (Å²) >= 11 is 0. The van der Waals surface area contributed by atoms with E-state index >= 15 is 0 Å². The number of ether oxygens (including phenoxy) is 1. The molecule has 434 valence electrons. The van der Waals surface area contributed by atoms with Gasteiger partial charge in [-0.05, 0) is 132 Å². The van der Waals surface area contributed by atoms with Crippen LogP contribution in [-0.4, -0.2) is 13.1 Å². The largest absolute Gasteiger partial charge is 0.509 e. The summed E-state index contributed by atoms with van der Waals surface area (Å²) in [6, 6.07) is 72.8. The molecule has 7 heteroatoms. The normalized spacial score (nSPS) is 14.6. The van der Waals surface area contributed by atoms with Gasteiger partial charge in [0.25, 0.3) is 0 Å². The summed E-state index contributed by atoms with van der Waals surface area (Å²) < 4.78 is 52.4. The van der Waals surface area contributed by atoms with Gasteiger partial charge in [-0.25, -0.2) is 4.98 Å². The van der Waals surface area contributed by atoms with Gasteiger partial charge in [-0.15, -0.1) is 47.9 Å². The first-order valence-electron chi connectivity index (χ1n) is 32.3. The number of pyridine rings is 1. The van der Waals surface area contributed by atoms with Gasteiger partial charge in [-0.1, -0.05) is 231 Å². The van der Waals surface area contributed by atoms with E-state index in [1.807, 2.05) is 55.3 Å². The number of rotatable bonds is 8. The SMILES string of the molecule is [2H]c1c([2H])c([2H])c(-c2cccc(-c3cc(-c4ccc(C(C)(C)C)cc4)cc(C(C)(C)C)c3)c2N2[CH-]N(c3[c-]c(Oc4[c-]c5c(cc4)[Si]4(c6cc(C)ccc6-c6ccc(C)cc64)c4ccccc4N5c4cc(C(C)(C)C)ccn4)ccc3)c3ccccc32)c([2H])c1[2H].[Pt]. The van der Waals surface area contributed by atoms with Crippen molar-refractivity contribution < 1.29 is 32.7 Å². The third-order valence-electron chi connectivity index (χ3n) is 17.5. The molecule has 10 aromatic carbocycles. The van der Waals surface area contributed by atoms with Gasteiger partial charge in [0.05, 0.1) is 6.85 Å². The molecule has 0 fully saturated rings. The van der Waals surface area contributed by atoms with Crippen molar-refractivity contribution in [1.82, 2.24) is 4.98 Å². The van der Waals surface area contributed by atoms with Gasteiger partial charge >= 0.3 is 0 Å². The summed E-state index contributed by atoms with van der Waals surface area (Å²) in [6.45, 7) is 26.4. The van der Waals surface area contributed by atoms with Crippen LogP contribution in [0.15, 0.2) is 224 Å². The van der Waals surface area contributed by atoms with Crippen molar-refractivity contribution in [2.24, 2.45) is 0 Å². The van der Waals surface area contributed by atoms with Gasteiger partial charge in [0.1, 0.15) is 13.9 Å². The zero-order valence-corrected chi connectivity index (χ0v) is 54.3. The predicted octanol–water partition coefficient (Wildman–Crippen LogP) is 18.5. The monoisotopic (exact) mass is 1330 g/mol. The average Bonchev–Trinajstić information content (AvgIpc) is 1.44. The number of hydrogen-bond acceptors (Lipinski definition) is 5. The summed E-state index contributed by atoms with van der Waals surface area (Å²) in [5.41, 5.74) is 17.5. The van der Waals surface area contributed by atoms with E-state index < -0.39 is 26.2 Å². The van der Waals surface area contributed by atoms with Crippen molar-refractivity contribution >= 4 is 68.8 Å². The van der Waals surface area contributed by atoms with Crippen LogP contribution in [0.5, 0.6) is 11.5 Å². The van der Waals surface area contributed by atoms with Crippen LogP contribution in [0.2, 0.25) is 0 Å². The number of fused-ring (bicyclic) bond motifs is 10. The fourth-order valence-corrected chi connectivity index (χ4v) is 18.7. The summed E-state index contributed by atoms with van der Waals surface area (Å²) in [7, 11) is -3.03. The molecule has 5 nitrogen and oxygen atoms in total. The first kappa shape index (κ1) is 51.7. The van der Waals surface area contributed by atoms with Gasteiger partial charge in [-0.2, -0.15) is 12.1 Å². The number of anilines is 7. The zero-order chi connectivity index (χ0) is 63.8. The molecule has 1 spiro atoms. The molecule has 0 saturated heterocycles. The van der Waals surface area contributed by atoms with E-state index in [0.29, 0.717) is 28.4 Å². The molecule has 1 aromatic heterocycles. The van der Waals surface area contributed by atoms with Crippen LogP contribution in [0, 0.1) is 32.6 Å². The number of aromatic nitrogens is 1. The Hall–Kier alpha value is -8.54. The first-order valence-corrected chi connectivity index (χ1v) is 31.8. The summed E-state index contributed by atoms with van der Waals surface area (Å²) in [6.07, 6.45) is 1.92. The molecular weight excluding hydrogens is 1260 g/mol. The second-order valence-corrected chi connectivity index (χ2v) is 30.0. The van der Waals surface area contributed by atoms with E-state index in [2.05, 4.69) is 249 Å². The number of aryl methyl sites for hydroxylation is 2. The average molecular weight is 1330 g/mol. The van der Waals surface area contributed by atoms with Gasteiger partial charge < -0.3 is 19.4 Å². The minimum Gasteiger partial charge on any atom is -0.509 e. The molecule has 0 aliphatic carbocycles. The van der Waals surface area contributed by atoms with Crippen LogP contribution in [0.3, 0.4) is 0 Å². The molecule has 3 aliphatic rings. The van der Waals surface area contributed by atoms with E-state index in [1.165, 1.54) is 54.1 Å². The summed E-state index contributed by atoms with van der Waals surface area (Å²) in [4.78, 5) is 11.6. The third-order valence-corrected chi connectivity index (χ3v) is 22.4. The van der Waals surface area contributed by atoms with Gasteiger partial charge in [0, 0.05) is 72.6 Å². The molecule has 11 aromatic rings. The maximum absolute atomic E-state index is 9.42. The van der Waals surface area contributed by atoms with Crippen molar-refractivity contribution in [1.29, 1.82) is 0 Å². The number of hydrogen-bond donors (Lipinski definition) is 0. The van der Waals surface area contributed by atoms with Crippen LogP contribution < -0.4 is 40.2 Å². The van der Waals surface area contributed by atoms with Crippen molar-refractivity contribution in [2.45, 2.75) is 92.4 Å².